The number of hydrogen-bond donors (Lipinski definition) is 1. The third-order valence-electron chi connectivity index (χ3n) is 5.49. The lowest BCUT2D eigenvalue weighted by atomic mass is 10.0. The number of nitrogens with zero attached hydrogens (tertiary/aromatic N) is 2. The summed E-state index contributed by atoms with van der Waals surface area (Å²) in [6.07, 6.45) is 4.32. The van der Waals surface area contributed by atoms with Gasteiger partial charge in [-0.25, -0.2) is 0 Å². The van der Waals surface area contributed by atoms with Gasteiger partial charge in [0.25, 0.3) is 5.69 Å². The van der Waals surface area contributed by atoms with Crippen LogP contribution >= 0.6 is 0 Å². The van der Waals surface area contributed by atoms with Crippen LogP contribution in [0.4, 0.5) is 11.4 Å². The van der Waals surface area contributed by atoms with E-state index in [2.05, 4.69) is 22.3 Å². The maximum Gasteiger partial charge on any atom is 0.274 e. The first-order valence-corrected chi connectivity index (χ1v) is 9.91. The minimum Gasteiger partial charge on any atom is -0.497 e. The summed E-state index contributed by atoms with van der Waals surface area (Å²) < 4.78 is 5.25. The van der Waals surface area contributed by atoms with Crippen molar-refractivity contribution in [1.82, 2.24) is 4.90 Å². The van der Waals surface area contributed by atoms with E-state index in [0.717, 1.165) is 38.0 Å². The Kier molecular flexibility index (Phi) is 6.82. The van der Waals surface area contributed by atoms with Crippen molar-refractivity contribution in [1.29, 1.82) is 0 Å². The normalized spacial score (nSPS) is 17.4. The molecule has 1 N–H and O–H groups in total. The van der Waals surface area contributed by atoms with Gasteiger partial charge in [-0.2, -0.15) is 0 Å². The van der Waals surface area contributed by atoms with E-state index < -0.39 is 4.92 Å². The number of likely N-dealkylation sites (tertiary alicyclic amines) is 1. The van der Waals surface area contributed by atoms with E-state index in [0.29, 0.717) is 11.3 Å². The number of amides is 1. The Morgan fingerprint density at radius 2 is 1.97 bits per heavy atom. The van der Waals surface area contributed by atoms with E-state index in [1.165, 1.54) is 11.6 Å². The monoisotopic (exact) mass is 397 g/mol. The van der Waals surface area contributed by atoms with Gasteiger partial charge in [0.05, 0.1) is 29.8 Å². The minimum absolute atomic E-state index is 0.00804. The summed E-state index contributed by atoms with van der Waals surface area (Å²) in [6.45, 7) is 2.75. The summed E-state index contributed by atoms with van der Waals surface area (Å²) in [7, 11) is 1.65. The molecule has 2 aromatic carbocycles. The standard InChI is InChI=1S/C22H27N3O4/c1-16-19(7-6-9-20(16)25(27)28)23-22(26)15-24-14-5-3-4-8-21(24)17-10-12-18(29-2)13-11-17/h6-7,9-13,21H,3-5,8,14-15H2,1-2H3,(H,23,26)/t21-/m0/s1. The van der Waals surface area contributed by atoms with E-state index in [9.17, 15) is 14.9 Å². The van der Waals surface area contributed by atoms with Crippen LogP contribution in [0.1, 0.15) is 42.9 Å². The number of ether oxygens (including phenoxy) is 1. The molecule has 1 atom stereocenters. The molecule has 0 aromatic heterocycles. The van der Waals surface area contributed by atoms with Crippen LogP contribution < -0.4 is 10.1 Å². The molecule has 1 fully saturated rings. The van der Waals surface area contributed by atoms with Crippen molar-refractivity contribution in [2.24, 2.45) is 0 Å². The van der Waals surface area contributed by atoms with E-state index in [4.69, 9.17) is 4.74 Å². The van der Waals surface area contributed by atoms with Crippen LogP contribution in [0.15, 0.2) is 42.5 Å². The Bertz CT molecular complexity index is 867. The molecule has 1 saturated heterocycles. The van der Waals surface area contributed by atoms with Crippen molar-refractivity contribution in [3.63, 3.8) is 0 Å². The Labute approximate surface area is 170 Å². The Hall–Kier alpha value is -2.93. The summed E-state index contributed by atoms with van der Waals surface area (Å²) in [5.74, 6) is 0.654. The zero-order chi connectivity index (χ0) is 20.8. The van der Waals surface area contributed by atoms with E-state index in [1.54, 1.807) is 26.2 Å². The van der Waals surface area contributed by atoms with Crippen LogP contribution in [0.2, 0.25) is 0 Å². The van der Waals surface area contributed by atoms with Gasteiger partial charge in [0.2, 0.25) is 5.91 Å². The molecule has 0 saturated carbocycles. The average molecular weight is 397 g/mol. The first kappa shape index (κ1) is 20.8. The SMILES string of the molecule is COc1ccc([C@@H]2CCCCCN2CC(=O)Nc2cccc([N+](=O)[O-])c2C)cc1. The Balaban J connectivity index is 1.74. The van der Waals surface area contributed by atoms with Gasteiger partial charge in [-0.1, -0.05) is 31.0 Å². The molecule has 1 amide bonds. The maximum atomic E-state index is 12.8. The quantitative estimate of drug-likeness (QED) is 0.574. The number of benzene rings is 2. The van der Waals surface area contributed by atoms with Crippen molar-refractivity contribution >= 4 is 17.3 Å². The number of carbonyl (C=O) groups is 1. The number of nitro benzene ring substituents is 1. The zero-order valence-electron chi connectivity index (χ0n) is 16.9. The summed E-state index contributed by atoms with van der Waals surface area (Å²) >= 11 is 0. The van der Waals surface area contributed by atoms with Crippen LogP contribution in [-0.2, 0) is 4.79 Å². The number of nitrogens with one attached hydrogen (secondary N) is 1. The first-order chi connectivity index (χ1) is 14.0. The van der Waals surface area contributed by atoms with Crippen molar-refractivity contribution in [2.45, 2.75) is 38.6 Å². The van der Waals surface area contributed by atoms with Gasteiger partial charge in [-0.05, 0) is 50.1 Å². The molecule has 3 rings (SSSR count). The largest absolute Gasteiger partial charge is 0.497 e. The molecule has 0 aliphatic carbocycles. The number of nitro groups is 1. The molecular formula is C22H27N3O4. The molecule has 1 aliphatic heterocycles. The van der Waals surface area contributed by atoms with Crippen LogP contribution in [0, 0.1) is 17.0 Å². The van der Waals surface area contributed by atoms with Gasteiger partial charge in [0, 0.05) is 12.1 Å². The highest BCUT2D eigenvalue weighted by Crippen LogP contribution is 2.31. The summed E-state index contributed by atoms with van der Waals surface area (Å²) in [5.41, 5.74) is 2.13. The molecule has 154 valence electrons. The summed E-state index contributed by atoms with van der Waals surface area (Å²) in [6, 6.07) is 12.9. The van der Waals surface area contributed by atoms with Crippen molar-refractivity contribution in [2.75, 3.05) is 25.5 Å². The van der Waals surface area contributed by atoms with Gasteiger partial charge in [0.1, 0.15) is 5.75 Å². The van der Waals surface area contributed by atoms with Gasteiger partial charge in [-0.3, -0.25) is 19.8 Å². The predicted molar refractivity (Wildman–Crippen MR) is 112 cm³/mol. The third-order valence-corrected chi connectivity index (χ3v) is 5.49. The zero-order valence-corrected chi connectivity index (χ0v) is 16.9. The van der Waals surface area contributed by atoms with Crippen LogP contribution in [0.25, 0.3) is 0 Å². The summed E-state index contributed by atoms with van der Waals surface area (Å²) in [5, 5.41) is 14.0. The third kappa shape index (κ3) is 5.12. The number of anilines is 1. The Morgan fingerprint density at radius 1 is 1.21 bits per heavy atom. The second-order valence-corrected chi connectivity index (χ2v) is 7.36. The second-order valence-electron chi connectivity index (χ2n) is 7.36. The van der Waals surface area contributed by atoms with Crippen molar-refractivity contribution in [3.05, 3.63) is 63.7 Å². The highest BCUT2D eigenvalue weighted by Gasteiger charge is 2.25. The molecule has 0 unspecified atom stereocenters. The Morgan fingerprint density at radius 3 is 2.66 bits per heavy atom. The molecule has 0 spiro atoms. The predicted octanol–water partition coefficient (Wildman–Crippen LogP) is 4.47. The van der Waals surface area contributed by atoms with Crippen LogP contribution in [0.3, 0.4) is 0 Å². The molecule has 1 heterocycles. The van der Waals surface area contributed by atoms with Crippen molar-refractivity contribution < 1.29 is 14.5 Å². The first-order valence-electron chi connectivity index (χ1n) is 9.91. The van der Waals surface area contributed by atoms with Gasteiger partial charge in [0.15, 0.2) is 0 Å². The lowest BCUT2D eigenvalue weighted by Crippen LogP contribution is -2.36. The fourth-order valence-electron chi connectivity index (χ4n) is 3.89. The fourth-order valence-corrected chi connectivity index (χ4v) is 3.89. The van der Waals surface area contributed by atoms with Gasteiger partial charge >= 0.3 is 0 Å². The van der Waals surface area contributed by atoms with Gasteiger partial charge < -0.3 is 10.1 Å². The molecule has 0 radical (unpaired) electrons. The number of methoxy groups -OCH3 is 1. The smallest absolute Gasteiger partial charge is 0.274 e. The molecule has 7 heteroatoms. The molecular weight excluding hydrogens is 370 g/mol. The van der Waals surface area contributed by atoms with Gasteiger partial charge in [-0.15, -0.1) is 0 Å². The maximum absolute atomic E-state index is 12.8. The van der Waals surface area contributed by atoms with E-state index >= 15 is 0 Å². The number of hydrogen-bond acceptors (Lipinski definition) is 5. The van der Waals surface area contributed by atoms with Crippen molar-refractivity contribution in [3.8, 4) is 5.75 Å². The molecule has 7 nitrogen and oxygen atoms in total. The fraction of sp³-hybridized carbons (Fsp3) is 0.409. The topological polar surface area (TPSA) is 84.7 Å². The lowest BCUT2D eigenvalue weighted by Gasteiger charge is -2.30. The number of rotatable bonds is 6. The van der Waals surface area contributed by atoms with Crippen LogP contribution in [0.5, 0.6) is 5.75 Å². The van der Waals surface area contributed by atoms with E-state index in [-0.39, 0.29) is 24.2 Å². The average Bonchev–Trinajstić information content (AvgIpc) is 2.95. The molecule has 0 bridgehead atoms. The highest BCUT2D eigenvalue weighted by molar-refractivity contribution is 5.93. The minimum atomic E-state index is -0.431. The second kappa shape index (κ2) is 9.52. The van der Waals surface area contributed by atoms with Crippen LogP contribution in [-0.4, -0.2) is 35.9 Å². The molecule has 1 aliphatic rings. The highest BCUT2D eigenvalue weighted by atomic mass is 16.6. The van der Waals surface area contributed by atoms with E-state index in [1.807, 2.05) is 12.1 Å². The molecule has 29 heavy (non-hydrogen) atoms. The molecule has 2 aromatic rings. The lowest BCUT2D eigenvalue weighted by molar-refractivity contribution is -0.385. The summed E-state index contributed by atoms with van der Waals surface area (Å²) in [4.78, 5) is 25.7. The number of carbonyl (C=O) groups excluding carboxylic acids is 1.